The Hall–Kier alpha value is -0.780. The predicted octanol–water partition coefficient (Wildman–Crippen LogP) is 2.87. The van der Waals surface area contributed by atoms with E-state index in [1.165, 1.54) is 6.07 Å². The van der Waals surface area contributed by atoms with Crippen LogP contribution in [-0.4, -0.2) is 27.2 Å². The molecular weight excluding hydrogens is 288 g/mol. The number of aryl methyl sites for hydroxylation is 1. The summed E-state index contributed by atoms with van der Waals surface area (Å²) in [5.41, 5.74) is 0.817. The molecule has 0 radical (unpaired) electrons. The van der Waals surface area contributed by atoms with Gasteiger partial charge in [-0.2, -0.15) is 0 Å². The van der Waals surface area contributed by atoms with Crippen molar-refractivity contribution in [2.24, 2.45) is 0 Å². The molecule has 2 rings (SSSR count). The molecule has 2 atom stereocenters. The fraction of sp³-hybridized carbons (Fsp3) is 0.538. The van der Waals surface area contributed by atoms with Gasteiger partial charge in [0.05, 0.1) is 12.2 Å². The molecular formula is C13H17ClO4S. The molecule has 0 bridgehead atoms. The SMILES string of the molecule is Cc1ccc(OCC2CCC(C)O2)c(S(=O)(=O)Cl)c1. The van der Waals surface area contributed by atoms with Gasteiger partial charge in [-0.05, 0) is 44.4 Å². The lowest BCUT2D eigenvalue weighted by molar-refractivity contribution is 0.0258. The Kier molecular flexibility index (Phi) is 4.38. The van der Waals surface area contributed by atoms with Crippen LogP contribution in [0.1, 0.15) is 25.3 Å². The van der Waals surface area contributed by atoms with Crippen LogP contribution in [-0.2, 0) is 13.8 Å². The summed E-state index contributed by atoms with van der Waals surface area (Å²) in [7, 11) is 1.61. The maximum Gasteiger partial charge on any atom is 0.264 e. The Morgan fingerprint density at radius 3 is 2.74 bits per heavy atom. The van der Waals surface area contributed by atoms with E-state index in [-0.39, 0.29) is 22.9 Å². The summed E-state index contributed by atoms with van der Waals surface area (Å²) in [5, 5.41) is 0. The Morgan fingerprint density at radius 1 is 1.42 bits per heavy atom. The summed E-state index contributed by atoms with van der Waals surface area (Å²) in [6.45, 7) is 4.16. The summed E-state index contributed by atoms with van der Waals surface area (Å²) in [4.78, 5) is 0.0141. The maximum absolute atomic E-state index is 11.5. The van der Waals surface area contributed by atoms with Gasteiger partial charge in [0.1, 0.15) is 17.3 Å². The second-order valence-corrected chi connectivity index (χ2v) is 7.38. The van der Waals surface area contributed by atoms with Crippen molar-refractivity contribution in [3.63, 3.8) is 0 Å². The van der Waals surface area contributed by atoms with Crippen LogP contribution < -0.4 is 4.74 Å². The normalized spacial score (nSPS) is 23.5. The molecule has 6 heteroatoms. The van der Waals surface area contributed by atoms with Gasteiger partial charge in [-0.15, -0.1) is 0 Å². The number of ether oxygens (including phenoxy) is 2. The van der Waals surface area contributed by atoms with Crippen molar-refractivity contribution in [2.75, 3.05) is 6.61 Å². The summed E-state index contributed by atoms with van der Waals surface area (Å²) in [6.07, 6.45) is 2.18. The number of hydrogen-bond donors (Lipinski definition) is 0. The van der Waals surface area contributed by atoms with Crippen LogP contribution >= 0.6 is 10.7 Å². The molecule has 0 aliphatic carbocycles. The van der Waals surface area contributed by atoms with Gasteiger partial charge < -0.3 is 9.47 Å². The molecule has 1 aliphatic rings. The molecule has 106 valence electrons. The molecule has 1 saturated heterocycles. The predicted molar refractivity (Wildman–Crippen MR) is 73.3 cm³/mol. The smallest absolute Gasteiger partial charge is 0.264 e. The molecule has 0 N–H and O–H groups in total. The second kappa shape index (κ2) is 5.69. The zero-order valence-corrected chi connectivity index (χ0v) is 12.5. The van der Waals surface area contributed by atoms with Crippen LogP contribution in [0, 0.1) is 6.92 Å². The highest BCUT2D eigenvalue weighted by atomic mass is 35.7. The van der Waals surface area contributed by atoms with Crippen LogP contribution in [0.25, 0.3) is 0 Å². The molecule has 1 heterocycles. The molecule has 19 heavy (non-hydrogen) atoms. The van der Waals surface area contributed by atoms with Crippen LogP contribution in [0.15, 0.2) is 23.1 Å². The average Bonchev–Trinajstić information content (AvgIpc) is 2.72. The Balaban J connectivity index is 2.12. The topological polar surface area (TPSA) is 52.6 Å². The van der Waals surface area contributed by atoms with Crippen molar-refractivity contribution in [2.45, 2.75) is 43.8 Å². The van der Waals surface area contributed by atoms with Crippen LogP contribution in [0.5, 0.6) is 5.75 Å². The highest BCUT2D eigenvalue weighted by Gasteiger charge is 2.24. The van der Waals surface area contributed by atoms with Crippen LogP contribution in [0.4, 0.5) is 0 Å². The lowest BCUT2D eigenvalue weighted by Crippen LogP contribution is -2.18. The van der Waals surface area contributed by atoms with Crippen LogP contribution in [0.2, 0.25) is 0 Å². The fourth-order valence-corrected chi connectivity index (χ4v) is 3.17. The minimum Gasteiger partial charge on any atom is -0.489 e. The number of rotatable bonds is 4. The molecule has 1 aromatic carbocycles. The Morgan fingerprint density at radius 2 is 2.16 bits per heavy atom. The highest BCUT2D eigenvalue weighted by molar-refractivity contribution is 8.13. The van der Waals surface area contributed by atoms with E-state index in [1.54, 1.807) is 19.1 Å². The first-order valence-corrected chi connectivity index (χ1v) is 8.51. The third-order valence-electron chi connectivity index (χ3n) is 3.11. The van der Waals surface area contributed by atoms with E-state index in [9.17, 15) is 8.42 Å². The number of halogens is 1. The van der Waals surface area contributed by atoms with Gasteiger partial charge in [-0.25, -0.2) is 8.42 Å². The van der Waals surface area contributed by atoms with Gasteiger partial charge in [0.25, 0.3) is 9.05 Å². The third kappa shape index (κ3) is 3.84. The van der Waals surface area contributed by atoms with E-state index in [0.717, 1.165) is 18.4 Å². The molecule has 1 aliphatic heterocycles. The molecule has 0 spiro atoms. The molecule has 0 saturated carbocycles. The first kappa shape index (κ1) is 14.6. The Bertz CT molecular complexity index is 556. The van der Waals surface area contributed by atoms with Gasteiger partial charge >= 0.3 is 0 Å². The highest BCUT2D eigenvalue weighted by Crippen LogP contribution is 2.29. The third-order valence-corrected chi connectivity index (χ3v) is 4.45. The molecule has 4 nitrogen and oxygen atoms in total. The largest absolute Gasteiger partial charge is 0.489 e. The van der Waals surface area contributed by atoms with Crippen LogP contribution in [0.3, 0.4) is 0 Å². The first-order valence-electron chi connectivity index (χ1n) is 6.20. The van der Waals surface area contributed by atoms with Gasteiger partial charge in [-0.1, -0.05) is 6.07 Å². The zero-order valence-electron chi connectivity index (χ0n) is 10.9. The number of hydrogen-bond acceptors (Lipinski definition) is 4. The van der Waals surface area contributed by atoms with E-state index in [1.807, 2.05) is 6.92 Å². The summed E-state index contributed by atoms with van der Waals surface area (Å²) >= 11 is 0. The van der Waals surface area contributed by atoms with E-state index in [4.69, 9.17) is 20.2 Å². The van der Waals surface area contributed by atoms with Crippen molar-refractivity contribution in [3.8, 4) is 5.75 Å². The maximum atomic E-state index is 11.5. The van der Waals surface area contributed by atoms with E-state index < -0.39 is 9.05 Å². The molecule has 1 aromatic rings. The molecule has 0 aromatic heterocycles. The van der Waals surface area contributed by atoms with E-state index >= 15 is 0 Å². The van der Waals surface area contributed by atoms with Gasteiger partial charge in [0.2, 0.25) is 0 Å². The fourth-order valence-electron chi connectivity index (χ4n) is 2.12. The standard InChI is InChI=1S/C13H17ClO4S/c1-9-3-6-12(13(7-9)19(14,15)16)17-8-11-5-4-10(2)18-11/h3,6-7,10-11H,4-5,8H2,1-2H3. The van der Waals surface area contributed by atoms with Crippen molar-refractivity contribution in [1.29, 1.82) is 0 Å². The first-order chi connectivity index (χ1) is 8.86. The monoisotopic (exact) mass is 304 g/mol. The lowest BCUT2D eigenvalue weighted by atomic mass is 10.2. The lowest BCUT2D eigenvalue weighted by Gasteiger charge is -2.14. The molecule has 2 unspecified atom stereocenters. The van der Waals surface area contributed by atoms with Gasteiger partial charge in [-0.3, -0.25) is 0 Å². The molecule has 1 fully saturated rings. The van der Waals surface area contributed by atoms with Crippen molar-refractivity contribution in [1.82, 2.24) is 0 Å². The Labute approximate surface area is 118 Å². The van der Waals surface area contributed by atoms with Crippen molar-refractivity contribution < 1.29 is 17.9 Å². The number of benzene rings is 1. The summed E-state index contributed by atoms with van der Waals surface area (Å²) < 4.78 is 34.2. The minimum atomic E-state index is -3.81. The molecule has 0 amide bonds. The van der Waals surface area contributed by atoms with Gasteiger partial charge in [0, 0.05) is 10.7 Å². The van der Waals surface area contributed by atoms with E-state index in [0.29, 0.717) is 6.61 Å². The summed E-state index contributed by atoms with van der Waals surface area (Å²) in [6, 6.07) is 4.93. The van der Waals surface area contributed by atoms with Crippen molar-refractivity contribution >= 4 is 19.7 Å². The average molecular weight is 305 g/mol. The second-order valence-electron chi connectivity index (χ2n) is 4.85. The van der Waals surface area contributed by atoms with E-state index in [2.05, 4.69) is 0 Å². The quantitative estimate of drug-likeness (QED) is 0.803. The van der Waals surface area contributed by atoms with Gasteiger partial charge in [0.15, 0.2) is 0 Å². The minimum absolute atomic E-state index is 0.0141. The zero-order chi connectivity index (χ0) is 14.0. The van der Waals surface area contributed by atoms with Crippen molar-refractivity contribution in [3.05, 3.63) is 23.8 Å². The summed E-state index contributed by atoms with van der Waals surface area (Å²) in [5.74, 6) is 0.281.